The van der Waals surface area contributed by atoms with Gasteiger partial charge in [-0.2, -0.15) is 0 Å². The Kier molecular flexibility index (Phi) is 4.05. The molecule has 94 valence electrons. The summed E-state index contributed by atoms with van der Waals surface area (Å²) in [4.78, 5) is 2.38. The lowest BCUT2D eigenvalue weighted by atomic mass is 9.99. The number of benzene rings is 1. The van der Waals surface area contributed by atoms with Gasteiger partial charge in [0.15, 0.2) is 0 Å². The SMILES string of the molecule is CC1CCN(c2ccc(C[SH](=O)=O)cc2)CC1. The zero-order valence-electron chi connectivity index (χ0n) is 10.1. The van der Waals surface area contributed by atoms with Gasteiger partial charge in [0.05, 0.1) is 5.75 Å². The summed E-state index contributed by atoms with van der Waals surface area (Å²) < 4.78 is 21.2. The molecule has 2 rings (SSSR count). The van der Waals surface area contributed by atoms with Crippen molar-refractivity contribution < 1.29 is 8.42 Å². The minimum absolute atomic E-state index is 0.145. The Morgan fingerprint density at radius 1 is 1.18 bits per heavy atom. The Labute approximate surface area is 104 Å². The van der Waals surface area contributed by atoms with Gasteiger partial charge in [0.25, 0.3) is 0 Å². The average molecular weight is 253 g/mol. The van der Waals surface area contributed by atoms with Crippen molar-refractivity contribution in [2.45, 2.75) is 25.5 Å². The first-order chi connectivity index (χ1) is 8.15. The van der Waals surface area contributed by atoms with E-state index in [-0.39, 0.29) is 5.75 Å². The smallest absolute Gasteiger partial charge is 0.144 e. The molecule has 1 aromatic carbocycles. The van der Waals surface area contributed by atoms with Crippen LogP contribution in [-0.2, 0) is 16.5 Å². The first-order valence-corrected chi connectivity index (χ1v) is 7.47. The van der Waals surface area contributed by atoms with Gasteiger partial charge in [0, 0.05) is 18.8 Å². The van der Waals surface area contributed by atoms with Crippen LogP contribution in [0.1, 0.15) is 25.3 Å². The van der Waals surface area contributed by atoms with Crippen LogP contribution in [0.5, 0.6) is 0 Å². The van der Waals surface area contributed by atoms with Crippen molar-refractivity contribution in [3.05, 3.63) is 29.8 Å². The summed E-state index contributed by atoms with van der Waals surface area (Å²) in [6.45, 7) is 4.51. The third kappa shape index (κ3) is 3.46. The fourth-order valence-corrected chi connectivity index (χ4v) is 2.74. The normalized spacial score (nSPS) is 17.6. The van der Waals surface area contributed by atoms with Gasteiger partial charge in [-0.3, -0.25) is 0 Å². The molecule has 1 heterocycles. The van der Waals surface area contributed by atoms with E-state index in [1.54, 1.807) is 0 Å². The van der Waals surface area contributed by atoms with Gasteiger partial charge in [-0.1, -0.05) is 19.1 Å². The molecule has 1 aliphatic rings. The van der Waals surface area contributed by atoms with Crippen LogP contribution in [0.2, 0.25) is 0 Å². The number of thiol groups is 1. The second-order valence-corrected chi connectivity index (χ2v) is 5.81. The van der Waals surface area contributed by atoms with Crippen LogP contribution >= 0.6 is 0 Å². The molecular formula is C13H19NO2S. The van der Waals surface area contributed by atoms with Gasteiger partial charge in [-0.15, -0.1) is 0 Å². The van der Waals surface area contributed by atoms with Crippen molar-refractivity contribution >= 4 is 16.4 Å². The van der Waals surface area contributed by atoms with E-state index in [0.717, 1.165) is 24.6 Å². The minimum Gasteiger partial charge on any atom is -0.372 e. The maximum absolute atomic E-state index is 10.6. The fraction of sp³-hybridized carbons (Fsp3) is 0.538. The molecular weight excluding hydrogens is 234 g/mol. The van der Waals surface area contributed by atoms with Crippen molar-refractivity contribution in [3.63, 3.8) is 0 Å². The molecule has 1 fully saturated rings. The highest BCUT2D eigenvalue weighted by Crippen LogP contribution is 2.23. The lowest BCUT2D eigenvalue weighted by molar-refractivity contribution is 0.438. The third-order valence-electron chi connectivity index (χ3n) is 3.40. The van der Waals surface area contributed by atoms with E-state index in [2.05, 4.69) is 11.8 Å². The van der Waals surface area contributed by atoms with E-state index in [4.69, 9.17) is 0 Å². The summed E-state index contributed by atoms with van der Waals surface area (Å²) in [6, 6.07) is 7.89. The molecule has 1 aliphatic heterocycles. The summed E-state index contributed by atoms with van der Waals surface area (Å²) in [7, 11) is -2.32. The number of hydrogen-bond acceptors (Lipinski definition) is 3. The summed E-state index contributed by atoms with van der Waals surface area (Å²) in [5.41, 5.74) is 2.08. The number of rotatable bonds is 3. The van der Waals surface area contributed by atoms with Crippen LogP contribution < -0.4 is 4.90 Å². The van der Waals surface area contributed by atoms with E-state index < -0.39 is 10.7 Å². The van der Waals surface area contributed by atoms with E-state index in [9.17, 15) is 8.42 Å². The first kappa shape index (κ1) is 12.4. The minimum atomic E-state index is -2.32. The number of anilines is 1. The summed E-state index contributed by atoms with van der Waals surface area (Å²) in [6.07, 6.45) is 2.49. The molecule has 1 aromatic rings. The number of nitrogens with zero attached hydrogens (tertiary/aromatic N) is 1. The van der Waals surface area contributed by atoms with E-state index >= 15 is 0 Å². The number of piperidine rings is 1. The van der Waals surface area contributed by atoms with Crippen molar-refractivity contribution in [1.29, 1.82) is 0 Å². The van der Waals surface area contributed by atoms with Crippen molar-refractivity contribution in [1.82, 2.24) is 0 Å². The Bertz CT molecular complexity index is 423. The second-order valence-electron chi connectivity index (χ2n) is 4.83. The van der Waals surface area contributed by atoms with Crippen molar-refractivity contribution in [3.8, 4) is 0 Å². The first-order valence-electron chi connectivity index (χ1n) is 6.11. The second kappa shape index (κ2) is 5.54. The van der Waals surface area contributed by atoms with Gasteiger partial charge in [-0.25, -0.2) is 8.42 Å². The van der Waals surface area contributed by atoms with E-state index in [1.807, 2.05) is 24.3 Å². The Hall–Kier alpha value is -1.03. The summed E-state index contributed by atoms with van der Waals surface area (Å²) >= 11 is 0. The molecule has 0 aromatic heterocycles. The molecule has 0 bridgehead atoms. The molecule has 17 heavy (non-hydrogen) atoms. The topological polar surface area (TPSA) is 37.4 Å². The van der Waals surface area contributed by atoms with Crippen LogP contribution in [0.15, 0.2) is 24.3 Å². The highest BCUT2D eigenvalue weighted by Gasteiger charge is 2.15. The molecule has 1 saturated heterocycles. The zero-order chi connectivity index (χ0) is 12.3. The van der Waals surface area contributed by atoms with Gasteiger partial charge in [0.2, 0.25) is 0 Å². The number of hydrogen-bond donors (Lipinski definition) is 1. The monoisotopic (exact) mass is 253 g/mol. The maximum Gasteiger partial charge on any atom is 0.144 e. The van der Waals surface area contributed by atoms with Gasteiger partial charge in [-0.05, 0) is 36.5 Å². The standard InChI is InChI=1S/C13H19NO2S/c1-11-6-8-14(9-7-11)13-4-2-12(3-5-13)10-17(15)16/h2-5,11,17H,6-10H2,1H3. The molecule has 0 radical (unpaired) electrons. The largest absolute Gasteiger partial charge is 0.372 e. The summed E-state index contributed by atoms with van der Waals surface area (Å²) in [5.74, 6) is 0.974. The van der Waals surface area contributed by atoms with Crippen LogP contribution in [0.4, 0.5) is 5.69 Å². The molecule has 0 atom stereocenters. The Morgan fingerprint density at radius 2 is 1.76 bits per heavy atom. The fourth-order valence-electron chi connectivity index (χ4n) is 2.23. The lowest BCUT2D eigenvalue weighted by Crippen LogP contribution is -2.32. The molecule has 0 unspecified atom stereocenters. The van der Waals surface area contributed by atoms with Crippen molar-refractivity contribution in [2.24, 2.45) is 5.92 Å². The Morgan fingerprint density at radius 3 is 2.29 bits per heavy atom. The van der Waals surface area contributed by atoms with E-state index in [1.165, 1.54) is 18.5 Å². The molecule has 4 heteroatoms. The third-order valence-corrected chi connectivity index (χ3v) is 4.02. The Balaban J connectivity index is 2.02. The molecule has 0 aliphatic carbocycles. The van der Waals surface area contributed by atoms with Crippen molar-refractivity contribution in [2.75, 3.05) is 18.0 Å². The van der Waals surface area contributed by atoms with Crippen LogP contribution in [0.3, 0.4) is 0 Å². The van der Waals surface area contributed by atoms with Gasteiger partial charge in [0.1, 0.15) is 10.7 Å². The van der Waals surface area contributed by atoms with Crippen LogP contribution in [-0.4, -0.2) is 21.5 Å². The zero-order valence-corrected chi connectivity index (χ0v) is 11.0. The maximum atomic E-state index is 10.6. The molecule has 0 spiro atoms. The highest BCUT2D eigenvalue weighted by atomic mass is 32.2. The molecule has 0 amide bonds. The quantitative estimate of drug-likeness (QED) is 0.838. The van der Waals surface area contributed by atoms with Gasteiger partial charge < -0.3 is 4.90 Å². The molecule has 0 saturated carbocycles. The van der Waals surface area contributed by atoms with Crippen LogP contribution in [0, 0.1) is 5.92 Å². The average Bonchev–Trinajstić information content (AvgIpc) is 2.30. The predicted octanol–water partition coefficient (Wildman–Crippen LogP) is 2.03. The van der Waals surface area contributed by atoms with Crippen LogP contribution in [0.25, 0.3) is 0 Å². The predicted molar refractivity (Wildman–Crippen MR) is 71.1 cm³/mol. The van der Waals surface area contributed by atoms with E-state index in [0.29, 0.717) is 0 Å². The molecule has 3 nitrogen and oxygen atoms in total. The highest BCUT2D eigenvalue weighted by molar-refractivity contribution is 7.71. The van der Waals surface area contributed by atoms with Gasteiger partial charge >= 0.3 is 0 Å². The summed E-state index contributed by atoms with van der Waals surface area (Å²) in [5, 5.41) is 0. The lowest BCUT2D eigenvalue weighted by Gasteiger charge is -2.32. The molecule has 0 N–H and O–H groups in total.